The van der Waals surface area contributed by atoms with E-state index in [1.807, 2.05) is 12.1 Å². The maximum absolute atomic E-state index is 12.8. The Labute approximate surface area is 171 Å². The first-order valence-electron chi connectivity index (χ1n) is 8.41. The Bertz CT molecular complexity index is 1080. The fraction of sp³-hybridized carbons (Fsp3) is 0.278. The Hall–Kier alpha value is -1.38. The monoisotopic (exact) mass is 442 g/mol. The maximum atomic E-state index is 12.8. The summed E-state index contributed by atoms with van der Waals surface area (Å²) in [5, 5.41) is 1.57. The van der Waals surface area contributed by atoms with Gasteiger partial charge in [-0.25, -0.2) is 13.4 Å². The molecule has 0 saturated carbocycles. The van der Waals surface area contributed by atoms with Crippen LogP contribution in [-0.2, 0) is 10.0 Å². The summed E-state index contributed by atoms with van der Waals surface area (Å²) >= 11 is 13.5. The van der Waals surface area contributed by atoms with E-state index in [2.05, 4.69) is 4.98 Å². The largest absolute Gasteiger partial charge is 0.467 e. The van der Waals surface area contributed by atoms with Gasteiger partial charge in [0.05, 0.1) is 14.6 Å². The fourth-order valence-corrected chi connectivity index (χ4v) is 6.01. The third-order valence-electron chi connectivity index (χ3n) is 4.45. The quantitative estimate of drug-likeness (QED) is 0.579. The summed E-state index contributed by atoms with van der Waals surface area (Å²) < 4.78 is 34.0. The summed E-state index contributed by atoms with van der Waals surface area (Å²) in [5.74, 6) is 0. The number of benzene rings is 2. The molecule has 1 saturated heterocycles. The van der Waals surface area contributed by atoms with E-state index in [-0.39, 0.29) is 11.0 Å². The molecule has 5 nitrogen and oxygen atoms in total. The first-order valence-corrected chi connectivity index (χ1v) is 11.4. The topological polar surface area (TPSA) is 59.5 Å². The van der Waals surface area contributed by atoms with Crippen LogP contribution < -0.4 is 4.74 Å². The van der Waals surface area contributed by atoms with Crippen LogP contribution in [0.15, 0.2) is 47.4 Å². The van der Waals surface area contributed by atoms with Gasteiger partial charge in [0, 0.05) is 18.1 Å². The average molecular weight is 443 g/mol. The molecule has 0 amide bonds. The first-order chi connectivity index (χ1) is 12.9. The molecule has 0 radical (unpaired) electrons. The average Bonchev–Trinajstić information content (AvgIpc) is 3.06. The van der Waals surface area contributed by atoms with Crippen LogP contribution in [0.2, 0.25) is 10.0 Å². The SMILES string of the molecule is O=S(=O)(c1cccc(Cl)c1)N1CCC(Oc2nc3c(Cl)cccc3s2)CC1. The number of aromatic nitrogens is 1. The van der Waals surface area contributed by atoms with Crippen LogP contribution in [0.25, 0.3) is 10.2 Å². The molecule has 1 aromatic heterocycles. The molecule has 1 fully saturated rings. The lowest BCUT2D eigenvalue weighted by atomic mass is 10.1. The van der Waals surface area contributed by atoms with E-state index in [9.17, 15) is 8.42 Å². The molecule has 142 valence electrons. The molecule has 27 heavy (non-hydrogen) atoms. The highest BCUT2D eigenvalue weighted by molar-refractivity contribution is 7.89. The third kappa shape index (κ3) is 3.93. The van der Waals surface area contributed by atoms with Gasteiger partial charge >= 0.3 is 0 Å². The summed E-state index contributed by atoms with van der Waals surface area (Å²) in [6.07, 6.45) is 1.13. The number of thiazole rings is 1. The van der Waals surface area contributed by atoms with E-state index in [0.29, 0.717) is 41.2 Å². The Morgan fingerprint density at radius 3 is 2.56 bits per heavy atom. The Morgan fingerprint density at radius 2 is 1.85 bits per heavy atom. The maximum Gasteiger partial charge on any atom is 0.274 e. The standard InChI is InChI=1S/C18H16Cl2N2O3S2/c19-12-3-1-4-14(11-12)27(23,24)22-9-7-13(8-10-22)25-18-21-17-15(20)5-2-6-16(17)26-18/h1-6,11,13H,7-10H2. The van der Waals surface area contributed by atoms with Crippen LogP contribution in [0.1, 0.15) is 12.8 Å². The molecule has 4 rings (SSSR count). The number of sulfonamides is 1. The molecular formula is C18H16Cl2N2O3S2. The second-order valence-electron chi connectivity index (χ2n) is 6.25. The van der Waals surface area contributed by atoms with Gasteiger partial charge in [0.1, 0.15) is 11.6 Å². The van der Waals surface area contributed by atoms with Crippen molar-refractivity contribution in [3.8, 4) is 5.19 Å². The van der Waals surface area contributed by atoms with Crippen molar-refractivity contribution in [2.75, 3.05) is 13.1 Å². The second kappa shape index (κ2) is 7.56. The minimum Gasteiger partial charge on any atom is -0.467 e. The predicted molar refractivity (Wildman–Crippen MR) is 108 cm³/mol. The van der Waals surface area contributed by atoms with Gasteiger partial charge in [-0.2, -0.15) is 4.31 Å². The predicted octanol–water partition coefficient (Wildman–Crippen LogP) is 4.84. The van der Waals surface area contributed by atoms with Gasteiger partial charge in [0.2, 0.25) is 10.0 Å². The van der Waals surface area contributed by atoms with Crippen molar-refractivity contribution in [3.05, 3.63) is 52.5 Å². The van der Waals surface area contributed by atoms with Crippen molar-refractivity contribution >= 4 is 54.8 Å². The van der Waals surface area contributed by atoms with Crippen molar-refractivity contribution < 1.29 is 13.2 Å². The van der Waals surface area contributed by atoms with E-state index in [1.54, 1.807) is 24.3 Å². The highest BCUT2D eigenvalue weighted by atomic mass is 35.5. The summed E-state index contributed by atoms with van der Waals surface area (Å²) in [6, 6.07) is 12.0. The number of hydrogen-bond acceptors (Lipinski definition) is 5. The highest BCUT2D eigenvalue weighted by Gasteiger charge is 2.30. The lowest BCUT2D eigenvalue weighted by molar-refractivity contribution is 0.135. The molecule has 0 bridgehead atoms. The van der Waals surface area contributed by atoms with E-state index in [4.69, 9.17) is 27.9 Å². The molecule has 2 heterocycles. The number of ether oxygens (including phenoxy) is 1. The number of hydrogen-bond donors (Lipinski definition) is 0. The van der Waals surface area contributed by atoms with E-state index < -0.39 is 10.0 Å². The van der Waals surface area contributed by atoms with Gasteiger partial charge in [-0.05, 0) is 43.2 Å². The van der Waals surface area contributed by atoms with Crippen molar-refractivity contribution in [2.45, 2.75) is 23.8 Å². The second-order valence-corrected chi connectivity index (χ2v) is 10.0. The lowest BCUT2D eigenvalue weighted by Gasteiger charge is -2.30. The Balaban J connectivity index is 1.43. The highest BCUT2D eigenvalue weighted by Crippen LogP contribution is 2.33. The van der Waals surface area contributed by atoms with E-state index in [0.717, 1.165) is 10.2 Å². The van der Waals surface area contributed by atoms with Crippen LogP contribution in [-0.4, -0.2) is 36.9 Å². The number of piperidine rings is 1. The van der Waals surface area contributed by atoms with E-state index >= 15 is 0 Å². The van der Waals surface area contributed by atoms with Gasteiger partial charge in [0.15, 0.2) is 0 Å². The number of rotatable bonds is 4. The smallest absolute Gasteiger partial charge is 0.274 e. The van der Waals surface area contributed by atoms with Crippen LogP contribution in [0.4, 0.5) is 0 Å². The zero-order chi connectivity index (χ0) is 19.0. The number of fused-ring (bicyclic) bond motifs is 1. The van der Waals surface area contributed by atoms with Gasteiger partial charge in [-0.1, -0.05) is 46.7 Å². The fourth-order valence-electron chi connectivity index (χ4n) is 3.05. The minimum atomic E-state index is -3.54. The normalized spacial score (nSPS) is 16.7. The van der Waals surface area contributed by atoms with Crippen LogP contribution in [0, 0.1) is 0 Å². The van der Waals surface area contributed by atoms with Crippen LogP contribution >= 0.6 is 34.5 Å². The van der Waals surface area contributed by atoms with Gasteiger partial charge in [-0.15, -0.1) is 0 Å². The van der Waals surface area contributed by atoms with E-state index in [1.165, 1.54) is 21.7 Å². The zero-order valence-corrected chi connectivity index (χ0v) is 17.3. The molecule has 0 aliphatic carbocycles. The minimum absolute atomic E-state index is 0.0739. The number of para-hydroxylation sites is 1. The zero-order valence-electron chi connectivity index (χ0n) is 14.1. The Kier molecular flexibility index (Phi) is 5.31. The van der Waals surface area contributed by atoms with Gasteiger partial charge in [0.25, 0.3) is 5.19 Å². The molecule has 0 unspecified atom stereocenters. The van der Waals surface area contributed by atoms with Crippen molar-refractivity contribution in [1.29, 1.82) is 0 Å². The van der Waals surface area contributed by atoms with Crippen molar-refractivity contribution in [2.24, 2.45) is 0 Å². The lowest BCUT2D eigenvalue weighted by Crippen LogP contribution is -2.41. The molecule has 3 aromatic rings. The molecule has 1 aliphatic rings. The molecule has 0 N–H and O–H groups in total. The summed E-state index contributed by atoms with van der Waals surface area (Å²) in [6.45, 7) is 0.788. The summed E-state index contributed by atoms with van der Waals surface area (Å²) in [5.41, 5.74) is 0.736. The summed E-state index contributed by atoms with van der Waals surface area (Å²) in [7, 11) is -3.54. The molecular weight excluding hydrogens is 427 g/mol. The van der Waals surface area contributed by atoms with Gasteiger partial charge < -0.3 is 4.74 Å². The first kappa shape index (κ1) is 19.0. The molecule has 0 atom stereocenters. The number of halogens is 2. The number of nitrogens with zero attached hydrogens (tertiary/aromatic N) is 2. The van der Waals surface area contributed by atoms with Crippen molar-refractivity contribution in [1.82, 2.24) is 9.29 Å². The molecule has 1 aliphatic heterocycles. The molecule has 2 aromatic carbocycles. The van der Waals surface area contributed by atoms with Crippen LogP contribution in [0.3, 0.4) is 0 Å². The van der Waals surface area contributed by atoms with Gasteiger partial charge in [-0.3, -0.25) is 0 Å². The molecule has 0 spiro atoms. The Morgan fingerprint density at radius 1 is 1.11 bits per heavy atom. The third-order valence-corrected chi connectivity index (χ3v) is 7.80. The van der Waals surface area contributed by atoms with Crippen LogP contribution in [0.5, 0.6) is 5.19 Å². The summed E-state index contributed by atoms with van der Waals surface area (Å²) in [4.78, 5) is 4.67. The molecule has 9 heteroatoms. The van der Waals surface area contributed by atoms with Crippen molar-refractivity contribution in [3.63, 3.8) is 0 Å².